The van der Waals surface area contributed by atoms with Gasteiger partial charge in [-0.05, 0) is 112 Å². The maximum absolute atomic E-state index is 12.8. The number of hydrogen-bond acceptors (Lipinski definition) is 2. The van der Waals surface area contributed by atoms with E-state index in [0.717, 1.165) is 43.4 Å². The molecule has 0 bridgehead atoms. The number of ether oxygens (including phenoxy) is 1. The Morgan fingerprint density at radius 3 is 2.14 bits per heavy atom. The number of benzene rings is 2. The number of esters is 1. The molecule has 2 aromatic carbocycles. The smallest absolute Gasteiger partial charge is 0.314 e. The molecule has 0 saturated heterocycles. The van der Waals surface area contributed by atoms with Gasteiger partial charge in [-0.3, -0.25) is 4.79 Å². The van der Waals surface area contributed by atoms with Crippen molar-refractivity contribution in [1.82, 2.24) is 0 Å². The summed E-state index contributed by atoms with van der Waals surface area (Å²) < 4.78 is 5.75. The Kier molecular flexibility index (Phi) is 9.63. The van der Waals surface area contributed by atoms with Crippen molar-refractivity contribution in [1.29, 1.82) is 0 Å². The molecule has 2 aliphatic carbocycles. The van der Waals surface area contributed by atoms with Crippen LogP contribution in [0.4, 0.5) is 0 Å². The molecule has 2 saturated carbocycles. The largest absolute Gasteiger partial charge is 0.426 e. The molecule has 0 unspecified atom stereocenters. The molecule has 0 radical (unpaired) electrons. The third kappa shape index (κ3) is 7.56. The molecule has 0 amide bonds. The molecule has 2 heteroatoms. The normalized spacial score (nSPS) is 25.9. The Hall–Kier alpha value is -2.35. The standard InChI is InChI=1S/C33H44O2/c1-3-4-6-9-26-14-22-32(23-15-26)35-33(34)31-20-18-30(19-21-31)29-16-12-27(13-17-29)24-25(2)28-10-7-5-8-11-28/h3-5,7-8,10-11,14-15,22-23,25,27,29-31H,6,9,12-13,16-21,24H2,1-2H3/b4-3+/t25-,27?,29?,30?,31?/m0/s1. The van der Waals surface area contributed by atoms with Crippen molar-refractivity contribution in [2.45, 2.75) is 90.4 Å². The lowest BCUT2D eigenvalue weighted by molar-refractivity contribution is -0.140. The van der Waals surface area contributed by atoms with E-state index in [-0.39, 0.29) is 11.9 Å². The molecule has 0 aromatic heterocycles. The van der Waals surface area contributed by atoms with Crippen molar-refractivity contribution >= 4 is 5.97 Å². The molecule has 0 N–H and O–H groups in total. The summed E-state index contributed by atoms with van der Waals surface area (Å²) in [6, 6.07) is 19.1. The molecule has 0 spiro atoms. The van der Waals surface area contributed by atoms with E-state index in [4.69, 9.17) is 4.74 Å². The summed E-state index contributed by atoms with van der Waals surface area (Å²) in [5.41, 5.74) is 2.77. The predicted octanol–water partition coefficient (Wildman–Crippen LogP) is 8.91. The van der Waals surface area contributed by atoms with Crippen LogP contribution in [0.25, 0.3) is 0 Å². The quantitative estimate of drug-likeness (QED) is 0.207. The van der Waals surface area contributed by atoms with Crippen LogP contribution in [0.2, 0.25) is 0 Å². The molecule has 0 aliphatic heterocycles. The first-order chi connectivity index (χ1) is 17.1. The van der Waals surface area contributed by atoms with Gasteiger partial charge in [0.2, 0.25) is 0 Å². The van der Waals surface area contributed by atoms with Gasteiger partial charge in [0.1, 0.15) is 5.75 Å². The van der Waals surface area contributed by atoms with Crippen LogP contribution in [0, 0.1) is 23.7 Å². The average Bonchev–Trinajstić information content (AvgIpc) is 2.91. The van der Waals surface area contributed by atoms with E-state index in [1.165, 1.54) is 56.1 Å². The van der Waals surface area contributed by atoms with Crippen LogP contribution in [-0.2, 0) is 11.2 Å². The minimum absolute atomic E-state index is 0.0243. The molecule has 2 nitrogen and oxygen atoms in total. The van der Waals surface area contributed by atoms with E-state index in [0.29, 0.717) is 11.7 Å². The fourth-order valence-electron chi connectivity index (χ4n) is 6.48. The third-order valence-corrected chi connectivity index (χ3v) is 8.70. The van der Waals surface area contributed by atoms with Gasteiger partial charge in [0, 0.05) is 0 Å². The summed E-state index contributed by atoms with van der Waals surface area (Å²) in [6.07, 6.45) is 17.6. The zero-order valence-electron chi connectivity index (χ0n) is 21.8. The Morgan fingerprint density at radius 1 is 0.886 bits per heavy atom. The lowest BCUT2D eigenvalue weighted by Crippen LogP contribution is -2.30. The van der Waals surface area contributed by atoms with Crippen LogP contribution < -0.4 is 4.74 Å². The highest BCUT2D eigenvalue weighted by Gasteiger charge is 2.34. The van der Waals surface area contributed by atoms with Gasteiger partial charge in [-0.1, -0.05) is 74.4 Å². The van der Waals surface area contributed by atoms with E-state index in [9.17, 15) is 4.79 Å². The number of carbonyl (C=O) groups is 1. The van der Waals surface area contributed by atoms with Crippen molar-refractivity contribution in [3.05, 3.63) is 77.9 Å². The Labute approximate surface area is 213 Å². The van der Waals surface area contributed by atoms with E-state index in [1.54, 1.807) is 0 Å². The minimum atomic E-state index is -0.0243. The zero-order valence-corrected chi connectivity index (χ0v) is 21.8. The second-order valence-electron chi connectivity index (χ2n) is 11.1. The molecule has 2 aliphatic rings. The molecule has 35 heavy (non-hydrogen) atoms. The number of aryl methyl sites for hydroxylation is 1. The summed E-state index contributed by atoms with van der Waals surface area (Å²) in [4.78, 5) is 12.8. The first-order valence-electron chi connectivity index (χ1n) is 14.1. The van der Waals surface area contributed by atoms with Crippen LogP contribution in [0.15, 0.2) is 66.7 Å². The molecular formula is C33H44O2. The summed E-state index contributed by atoms with van der Waals surface area (Å²) in [6.45, 7) is 4.44. The molecular weight excluding hydrogens is 428 g/mol. The summed E-state index contributed by atoms with van der Waals surface area (Å²) in [5.74, 6) is 3.95. The maximum atomic E-state index is 12.8. The van der Waals surface area contributed by atoms with Crippen molar-refractivity contribution < 1.29 is 9.53 Å². The van der Waals surface area contributed by atoms with Gasteiger partial charge in [-0.2, -0.15) is 0 Å². The fourth-order valence-corrected chi connectivity index (χ4v) is 6.48. The second-order valence-corrected chi connectivity index (χ2v) is 11.1. The Bertz CT molecular complexity index is 913. The number of allylic oxidation sites excluding steroid dienone is 2. The van der Waals surface area contributed by atoms with Gasteiger partial charge in [-0.15, -0.1) is 0 Å². The highest BCUT2D eigenvalue weighted by atomic mass is 16.5. The monoisotopic (exact) mass is 472 g/mol. The van der Waals surface area contributed by atoms with Crippen LogP contribution in [0.3, 0.4) is 0 Å². The van der Waals surface area contributed by atoms with Gasteiger partial charge in [-0.25, -0.2) is 0 Å². The van der Waals surface area contributed by atoms with E-state index in [2.05, 4.69) is 68.5 Å². The van der Waals surface area contributed by atoms with Crippen LogP contribution in [0.5, 0.6) is 5.75 Å². The summed E-state index contributed by atoms with van der Waals surface area (Å²) >= 11 is 0. The number of hydrogen-bond donors (Lipinski definition) is 0. The molecule has 188 valence electrons. The number of carbonyl (C=O) groups excluding carboxylic acids is 1. The lowest BCUT2D eigenvalue weighted by atomic mass is 9.68. The molecule has 4 rings (SSSR count). The van der Waals surface area contributed by atoms with Crippen molar-refractivity contribution in [2.24, 2.45) is 23.7 Å². The number of rotatable bonds is 9. The maximum Gasteiger partial charge on any atom is 0.314 e. The van der Waals surface area contributed by atoms with Gasteiger partial charge >= 0.3 is 5.97 Å². The summed E-state index contributed by atoms with van der Waals surface area (Å²) in [5, 5.41) is 0. The molecule has 2 fully saturated rings. The highest BCUT2D eigenvalue weighted by molar-refractivity contribution is 5.75. The van der Waals surface area contributed by atoms with E-state index >= 15 is 0 Å². The third-order valence-electron chi connectivity index (χ3n) is 8.70. The Balaban J connectivity index is 1.16. The van der Waals surface area contributed by atoms with Crippen molar-refractivity contribution in [3.8, 4) is 5.75 Å². The van der Waals surface area contributed by atoms with E-state index < -0.39 is 0 Å². The van der Waals surface area contributed by atoms with Crippen molar-refractivity contribution in [2.75, 3.05) is 0 Å². The van der Waals surface area contributed by atoms with Gasteiger partial charge in [0.15, 0.2) is 0 Å². The Morgan fingerprint density at radius 2 is 1.51 bits per heavy atom. The first-order valence-corrected chi connectivity index (χ1v) is 14.1. The minimum Gasteiger partial charge on any atom is -0.426 e. The molecule has 0 heterocycles. The predicted molar refractivity (Wildman–Crippen MR) is 146 cm³/mol. The topological polar surface area (TPSA) is 26.3 Å². The lowest BCUT2D eigenvalue weighted by Gasteiger charge is -2.38. The van der Waals surface area contributed by atoms with Gasteiger partial charge in [0.25, 0.3) is 0 Å². The SMILES string of the molecule is C/C=C/CCc1ccc(OC(=O)C2CCC(C3CCC(C[C@H](C)c4ccccc4)CC3)CC2)cc1. The first kappa shape index (κ1) is 25.7. The average molecular weight is 473 g/mol. The fraction of sp³-hybridized carbons (Fsp3) is 0.545. The summed E-state index contributed by atoms with van der Waals surface area (Å²) in [7, 11) is 0. The molecule has 1 atom stereocenters. The second kappa shape index (κ2) is 13.1. The van der Waals surface area contributed by atoms with E-state index in [1.807, 2.05) is 12.1 Å². The van der Waals surface area contributed by atoms with Crippen molar-refractivity contribution in [3.63, 3.8) is 0 Å². The molecule has 2 aromatic rings. The van der Waals surface area contributed by atoms with Gasteiger partial charge in [0.05, 0.1) is 5.92 Å². The van der Waals surface area contributed by atoms with Crippen LogP contribution >= 0.6 is 0 Å². The van der Waals surface area contributed by atoms with Crippen LogP contribution in [-0.4, -0.2) is 5.97 Å². The van der Waals surface area contributed by atoms with Gasteiger partial charge < -0.3 is 4.74 Å². The highest BCUT2D eigenvalue weighted by Crippen LogP contribution is 2.43. The zero-order chi connectivity index (χ0) is 24.5. The van der Waals surface area contributed by atoms with Crippen LogP contribution in [0.1, 0.15) is 95.1 Å².